The highest BCUT2D eigenvalue weighted by molar-refractivity contribution is 4.98. The van der Waals surface area contributed by atoms with Gasteiger partial charge in [0.15, 0.2) is 6.10 Å². The first-order valence-electron chi connectivity index (χ1n) is 5.17. The molecule has 1 saturated heterocycles. The molecule has 4 atom stereocenters. The molecule has 2 heterocycles. The number of nitrogens with one attached hydrogen (secondary N) is 1. The lowest BCUT2D eigenvalue weighted by Crippen LogP contribution is -2.49. The Hall–Kier alpha value is -1.62. The third-order valence-corrected chi connectivity index (χ3v) is 2.79. The van der Waals surface area contributed by atoms with Crippen LogP contribution in [-0.2, 0) is 10.7 Å². The maximum atomic E-state index is 14.4. The molecule has 8 nitrogen and oxygen atoms in total. The average Bonchev–Trinajstić information content (AvgIpc) is 2.59. The molecule has 2 rings (SSSR count). The summed E-state index contributed by atoms with van der Waals surface area (Å²) in [6, 6.07) is 0. The van der Waals surface area contributed by atoms with Gasteiger partial charge in [0.2, 0.25) is 5.82 Å². The number of hydrogen-bond acceptors (Lipinski definition) is 6. The monoisotopic (exact) mass is 280 g/mol. The van der Waals surface area contributed by atoms with Crippen molar-refractivity contribution in [3.05, 3.63) is 32.9 Å². The standard InChI is InChI=1S/C9H10F2N2O6/c10-3-1-13(8(18)12-7(3)17)9(11)6(16)5(15)4(2-14)19-9/h1,4-6,14-16H,2H2,(H,12,17,18)/t4-,5-,6-,9+/m1/s1. The number of aliphatic hydroxyl groups excluding tert-OH is 3. The normalized spacial score (nSPS) is 34.7. The van der Waals surface area contributed by atoms with Crippen molar-refractivity contribution in [2.75, 3.05) is 6.61 Å². The number of rotatable bonds is 2. The van der Waals surface area contributed by atoms with Gasteiger partial charge in [0, 0.05) is 0 Å². The molecule has 0 bridgehead atoms. The smallest absolute Gasteiger partial charge is 0.333 e. The quantitative estimate of drug-likeness (QED) is 0.469. The van der Waals surface area contributed by atoms with Gasteiger partial charge in [0.25, 0.3) is 5.56 Å². The molecule has 0 unspecified atom stereocenters. The highest BCUT2D eigenvalue weighted by Gasteiger charge is 2.57. The third-order valence-electron chi connectivity index (χ3n) is 2.79. The van der Waals surface area contributed by atoms with Crippen molar-refractivity contribution in [3.8, 4) is 0 Å². The molecule has 1 aliphatic rings. The summed E-state index contributed by atoms with van der Waals surface area (Å²) in [4.78, 5) is 23.7. The summed E-state index contributed by atoms with van der Waals surface area (Å²) in [5, 5.41) is 27.8. The van der Waals surface area contributed by atoms with Gasteiger partial charge in [0.1, 0.15) is 12.2 Å². The molecule has 0 radical (unpaired) electrons. The summed E-state index contributed by atoms with van der Waals surface area (Å²) in [6.45, 7) is -0.829. The van der Waals surface area contributed by atoms with Gasteiger partial charge in [-0.2, -0.15) is 8.78 Å². The fraction of sp³-hybridized carbons (Fsp3) is 0.556. The van der Waals surface area contributed by atoms with Crippen LogP contribution in [-0.4, -0.2) is 49.8 Å². The fourth-order valence-electron chi connectivity index (χ4n) is 1.78. The van der Waals surface area contributed by atoms with Crippen LogP contribution in [0.2, 0.25) is 0 Å². The van der Waals surface area contributed by atoms with Crippen molar-refractivity contribution in [1.82, 2.24) is 9.55 Å². The minimum atomic E-state index is -3.30. The largest absolute Gasteiger partial charge is 0.394 e. The highest BCUT2D eigenvalue weighted by Crippen LogP contribution is 2.35. The van der Waals surface area contributed by atoms with Crippen LogP contribution in [0.15, 0.2) is 15.8 Å². The second-order valence-corrected chi connectivity index (χ2v) is 3.99. The first kappa shape index (κ1) is 13.8. The zero-order valence-corrected chi connectivity index (χ0v) is 9.29. The summed E-state index contributed by atoms with van der Waals surface area (Å²) in [5.41, 5.74) is -2.74. The lowest BCUT2D eigenvalue weighted by molar-refractivity contribution is -0.240. The highest BCUT2D eigenvalue weighted by atomic mass is 19.2. The van der Waals surface area contributed by atoms with Crippen LogP contribution >= 0.6 is 0 Å². The van der Waals surface area contributed by atoms with Crippen molar-refractivity contribution >= 4 is 0 Å². The molecule has 1 aromatic rings. The summed E-state index contributed by atoms with van der Waals surface area (Å²) in [7, 11) is 0. The second-order valence-electron chi connectivity index (χ2n) is 3.99. The Morgan fingerprint density at radius 1 is 1.47 bits per heavy atom. The molecule has 1 aromatic heterocycles. The molecule has 0 amide bonds. The zero-order valence-electron chi connectivity index (χ0n) is 9.29. The number of halogens is 2. The minimum absolute atomic E-state index is 0.0344. The number of H-pyrrole nitrogens is 1. The minimum Gasteiger partial charge on any atom is -0.394 e. The van der Waals surface area contributed by atoms with E-state index in [1.54, 1.807) is 0 Å². The predicted octanol–water partition coefficient (Wildman–Crippen LogP) is -2.63. The lowest BCUT2D eigenvalue weighted by atomic mass is 10.1. The van der Waals surface area contributed by atoms with Gasteiger partial charge in [-0.05, 0) is 0 Å². The molecule has 1 aliphatic heterocycles. The molecule has 0 aliphatic carbocycles. The molecule has 10 heteroatoms. The van der Waals surface area contributed by atoms with Crippen molar-refractivity contribution in [1.29, 1.82) is 0 Å². The van der Waals surface area contributed by atoms with Crippen molar-refractivity contribution < 1.29 is 28.8 Å². The van der Waals surface area contributed by atoms with Crippen LogP contribution in [0.3, 0.4) is 0 Å². The van der Waals surface area contributed by atoms with Crippen LogP contribution < -0.4 is 11.2 Å². The Labute approximate surface area is 103 Å². The maximum absolute atomic E-state index is 14.4. The Morgan fingerprint density at radius 3 is 2.63 bits per heavy atom. The fourth-order valence-corrected chi connectivity index (χ4v) is 1.78. The van der Waals surface area contributed by atoms with E-state index in [2.05, 4.69) is 4.74 Å². The van der Waals surface area contributed by atoms with E-state index in [-0.39, 0.29) is 10.8 Å². The molecule has 19 heavy (non-hydrogen) atoms. The number of hydrogen-bond donors (Lipinski definition) is 4. The maximum Gasteiger partial charge on any atom is 0.333 e. The van der Waals surface area contributed by atoms with Crippen molar-refractivity contribution in [3.63, 3.8) is 0 Å². The van der Waals surface area contributed by atoms with Crippen LogP contribution in [0.25, 0.3) is 0 Å². The van der Waals surface area contributed by atoms with Crippen molar-refractivity contribution in [2.45, 2.75) is 24.3 Å². The summed E-state index contributed by atoms with van der Waals surface area (Å²) >= 11 is 0. The van der Waals surface area contributed by atoms with E-state index in [0.717, 1.165) is 0 Å². The Kier molecular flexibility index (Phi) is 3.26. The van der Waals surface area contributed by atoms with E-state index in [4.69, 9.17) is 5.11 Å². The molecule has 4 N–H and O–H groups in total. The number of alkyl halides is 1. The molecule has 0 spiro atoms. The van der Waals surface area contributed by atoms with Gasteiger partial charge in [0.05, 0.1) is 12.8 Å². The van der Waals surface area contributed by atoms with Gasteiger partial charge in [-0.15, -0.1) is 0 Å². The molecule has 1 fully saturated rings. The Bertz CT molecular complexity index is 601. The van der Waals surface area contributed by atoms with Crippen LogP contribution in [0.5, 0.6) is 0 Å². The van der Waals surface area contributed by atoms with Gasteiger partial charge in [-0.25, -0.2) is 9.36 Å². The van der Waals surface area contributed by atoms with Gasteiger partial charge in [-0.1, -0.05) is 0 Å². The molecular weight excluding hydrogens is 270 g/mol. The number of nitrogens with zero attached hydrogens (tertiary/aromatic N) is 1. The summed E-state index contributed by atoms with van der Waals surface area (Å²) in [6.07, 6.45) is -5.36. The number of aromatic nitrogens is 2. The van der Waals surface area contributed by atoms with Crippen molar-refractivity contribution in [2.24, 2.45) is 0 Å². The molecular formula is C9H10F2N2O6. The predicted molar refractivity (Wildman–Crippen MR) is 54.3 cm³/mol. The number of aromatic amines is 1. The summed E-state index contributed by atoms with van der Waals surface area (Å²) in [5.74, 6) is -4.77. The molecule has 0 saturated carbocycles. The molecule has 0 aromatic carbocycles. The zero-order chi connectivity index (χ0) is 14.4. The van der Waals surface area contributed by atoms with Gasteiger partial charge in [-0.3, -0.25) is 9.78 Å². The van der Waals surface area contributed by atoms with E-state index in [9.17, 15) is 28.6 Å². The van der Waals surface area contributed by atoms with Gasteiger partial charge >= 0.3 is 11.7 Å². The second kappa shape index (κ2) is 4.49. The topological polar surface area (TPSA) is 125 Å². The first-order chi connectivity index (χ1) is 8.81. The van der Waals surface area contributed by atoms with Gasteiger partial charge < -0.3 is 20.1 Å². The third kappa shape index (κ3) is 1.98. The summed E-state index contributed by atoms with van der Waals surface area (Å²) < 4.78 is 32.0. The van der Waals surface area contributed by atoms with E-state index in [0.29, 0.717) is 0 Å². The Morgan fingerprint density at radius 2 is 2.11 bits per heavy atom. The average molecular weight is 280 g/mol. The lowest BCUT2D eigenvalue weighted by Gasteiger charge is -2.24. The van der Waals surface area contributed by atoms with Crippen LogP contribution in [0, 0.1) is 5.82 Å². The van der Waals surface area contributed by atoms with E-state index in [1.165, 1.54) is 4.98 Å². The number of ether oxygens (including phenoxy) is 1. The molecule has 106 valence electrons. The van der Waals surface area contributed by atoms with E-state index >= 15 is 0 Å². The first-order valence-corrected chi connectivity index (χ1v) is 5.17. The van der Waals surface area contributed by atoms with E-state index < -0.39 is 48.0 Å². The number of aliphatic hydroxyl groups is 3. The van der Waals surface area contributed by atoms with Crippen LogP contribution in [0.4, 0.5) is 8.78 Å². The Balaban J connectivity index is 2.55. The van der Waals surface area contributed by atoms with E-state index in [1.807, 2.05) is 0 Å². The SMILES string of the molecule is O=c1[nH]c(=O)n([C@]2(F)O[C@H](CO)[C@@H](O)[C@H]2O)cc1F. The van der Waals surface area contributed by atoms with Crippen LogP contribution in [0.1, 0.15) is 0 Å².